The average Bonchev–Trinajstić information content (AvgIpc) is 2.95. The van der Waals surface area contributed by atoms with Crippen LogP contribution in [-0.2, 0) is 0 Å². The van der Waals surface area contributed by atoms with Crippen LogP contribution in [0.15, 0.2) is 53.5 Å². The number of rotatable bonds is 3. The van der Waals surface area contributed by atoms with E-state index in [4.69, 9.17) is 5.73 Å². The molecule has 3 aromatic rings. The minimum Gasteiger partial charge on any atom is -0.321 e. The highest BCUT2D eigenvalue weighted by Gasteiger charge is 2.33. The van der Waals surface area contributed by atoms with Gasteiger partial charge in [0.15, 0.2) is 0 Å². The van der Waals surface area contributed by atoms with E-state index in [2.05, 4.69) is 4.98 Å². The van der Waals surface area contributed by atoms with Crippen LogP contribution in [0.2, 0.25) is 0 Å². The van der Waals surface area contributed by atoms with Crippen molar-refractivity contribution in [3.63, 3.8) is 0 Å². The largest absolute Gasteiger partial charge is 0.391 e. The van der Waals surface area contributed by atoms with Gasteiger partial charge in [0.2, 0.25) is 0 Å². The van der Waals surface area contributed by atoms with Gasteiger partial charge in [-0.3, -0.25) is 4.40 Å². The molecule has 3 rings (SSSR count). The van der Waals surface area contributed by atoms with Gasteiger partial charge in [0, 0.05) is 6.20 Å². The maximum atomic E-state index is 12.7. The van der Waals surface area contributed by atoms with Crippen molar-refractivity contribution in [3.8, 4) is 5.69 Å². The third kappa shape index (κ3) is 2.98. The molecule has 0 aliphatic carbocycles. The first-order chi connectivity index (χ1) is 10.9. The normalized spacial score (nSPS) is 13.4. The Labute approximate surface area is 128 Å². The first-order valence-corrected chi connectivity index (χ1v) is 6.84. The van der Waals surface area contributed by atoms with Crippen LogP contribution >= 0.6 is 0 Å². The summed E-state index contributed by atoms with van der Waals surface area (Å²) >= 11 is 0. The number of halogens is 3. The number of nitrogens with zero attached hydrogens (tertiary/aromatic N) is 3. The highest BCUT2D eigenvalue weighted by molar-refractivity contribution is 5.41. The zero-order chi connectivity index (χ0) is 16.6. The van der Waals surface area contributed by atoms with E-state index in [1.165, 1.54) is 10.6 Å². The van der Waals surface area contributed by atoms with Crippen molar-refractivity contribution < 1.29 is 13.2 Å². The smallest absolute Gasteiger partial charge is 0.321 e. The van der Waals surface area contributed by atoms with Crippen molar-refractivity contribution in [2.45, 2.75) is 18.6 Å². The fraction of sp³-hybridized carbons (Fsp3) is 0.200. The van der Waals surface area contributed by atoms with Crippen LogP contribution in [0.5, 0.6) is 0 Å². The molecule has 2 aromatic heterocycles. The molecule has 0 aliphatic rings. The molecule has 23 heavy (non-hydrogen) atoms. The quantitative estimate of drug-likeness (QED) is 0.805. The summed E-state index contributed by atoms with van der Waals surface area (Å²) in [6.45, 7) is 0. The standard InChI is InChI=1S/C15H13F3N4O/c16-15(17,18)9-11(19)13-20-12-7-4-8-21(12)14(23)22(13)10-5-2-1-3-6-10/h1-8,11H,9,19H2. The molecule has 0 saturated heterocycles. The lowest BCUT2D eigenvalue weighted by Gasteiger charge is -2.19. The third-order valence-electron chi connectivity index (χ3n) is 3.38. The molecule has 5 nitrogen and oxygen atoms in total. The number of hydrogen-bond acceptors (Lipinski definition) is 3. The van der Waals surface area contributed by atoms with Crippen LogP contribution in [0, 0.1) is 0 Å². The summed E-state index contributed by atoms with van der Waals surface area (Å²) in [6, 6.07) is 10.0. The summed E-state index contributed by atoms with van der Waals surface area (Å²) in [4.78, 5) is 16.8. The topological polar surface area (TPSA) is 65.3 Å². The van der Waals surface area contributed by atoms with Crippen molar-refractivity contribution in [2.75, 3.05) is 0 Å². The molecule has 0 bridgehead atoms. The van der Waals surface area contributed by atoms with Gasteiger partial charge in [0.1, 0.15) is 11.5 Å². The Hall–Kier alpha value is -2.61. The molecule has 8 heteroatoms. The lowest BCUT2D eigenvalue weighted by atomic mass is 10.2. The second-order valence-corrected chi connectivity index (χ2v) is 5.09. The maximum absolute atomic E-state index is 12.7. The number of aromatic nitrogens is 3. The molecule has 0 fully saturated rings. The fourth-order valence-electron chi connectivity index (χ4n) is 2.41. The molecule has 1 atom stereocenters. The van der Waals surface area contributed by atoms with Crippen LogP contribution in [0.4, 0.5) is 13.2 Å². The van der Waals surface area contributed by atoms with Gasteiger partial charge < -0.3 is 5.73 Å². The number of hydrogen-bond donors (Lipinski definition) is 1. The lowest BCUT2D eigenvalue weighted by Crippen LogP contribution is -2.33. The molecule has 1 aromatic carbocycles. The summed E-state index contributed by atoms with van der Waals surface area (Å²) in [5, 5.41) is 0. The van der Waals surface area contributed by atoms with Gasteiger partial charge in [-0.15, -0.1) is 0 Å². The molecule has 0 amide bonds. The SMILES string of the molecule is NC(CC(F)(F)F)c1nc2cccn2c(=O)n1-c1ccccc1. The van der Waals surface area contributed by atoms with Gasteiger partial charge in [-0.1, -0.05) is 18.2 Å². The number of para-hydroxylation sites is 1. The van der Waals surface area contributed by atoms with Gasteiger partial charge in [-0.2, -0.15) is 13.2 Å². The predicted octanol–water partition coefficient (Wildman–Crippen LogP) is 2.44. The van der Waals surface area contributed by atoms with Crippen molar-refractivity contribution in [2.24, 2.45) is 5.73 Å². The van der Waals surface area contributed by atoms with Crippen molar-refractivity contribution in [1.82, 2.24) is 14.0 Å². The molecule has 1 unspecified atom stereocenters. The Kier molecular flexibility index (Phi) is 3.69. The molecule has 2 N–H and O–H groups in total. The molecule has 0 radical (unpaired) electrons. The summed E-state index contributed by atoms with van der Waals surface area (Å²) in [5.74, 6) is -0.121. The minimum atomic E-state index is -4.45. The lowest BCUT2D eigenvalue weighted by molar-refractivity contribution is -0.139. The summed E-state index contributed by atoms with van der Waals surface area (Å²) in [7, 11) is 0. The highest BCUT2D eigenvalue weighted by atomic mass is 19.4. The van der Waals surface area contributed by atoms with Crippen LogP contribution in [0.3, 0.4) is 0 Å². The Morgan fingerprint density at radius 2 is 1.83 bits per heavy atom. The Bertz CT molecular complexity index is 883. The molecular weight excluding hydrogens is 309 g/mol. The first kappa shape index (κ1) is 15.3. The van der Waals surface area contributed by atoms with Crippen LogP contribution < -0.4 is 11.4 Å². The summed E-state index contributed by atoms with van der Waals surface area (Å²) in [5.41, 5.74) is 5.85. The van der Waals surface area contributed by atoms with E-state index >= 15 is 0 Å². The van der Waals surface area contributed by atoms with Gasteiger partial charge in [-0.05, 0) is 24.3 Å². The van der Waals surface area contributed by atoms with Gasteiger partial charge in [-0.25, -0.2) is 14.3 Å². The second-order valence-electron chi connectivity index (χ2n) is 5.09. The minimum absolute atomic E-state index is 0.121. The Morgan fingerprint density at radius 3 is 2.48 bits per heavy atom. The highest BCUT2D eigenvalue weighted by Crippen LogP contribution is 2.27. The first-order valence-electron chi connectivity index (χ1n) is 6.84. The molecule has 120 valence electrons. The average molecular weight is 322 g/mol. The summed E-state index contributed by atoms with van der Waals surface area (Å²) in [6.07, 6.45) is -4.21. The van der Waals surface area contributed by atoms with E-state index in [0.29, 0.717) is 5.69 Å². The monoisotopic (exact) mass is 322 g/mol. The second kappa shape index (κ2) is 5.54. The number of alkyl halides is 3. The molecule has 2 heterocycles. The van der Waals surface area contributed by atoms with E-state index in [0.717, 1.165) is 4.57 Å². The molecular formula is C15H13F3N4O. The van der Waals surface area contributed by atoms with Crippen molar-refractivity contribution in [3.05, 3.63) is 65.0 Å². The van der Waals surface area contributed by atoms with E-state index in [9.17, 15) is 18.0 Å². The Morgan fingerprint density at radius 1 is 1.13 bits per heavy atom. The molecule has 0 aliphatic heterocycles. The number of nitrogens with two attached hydrogens (primary N) is 1. The third-order valence-corrected chi connectivity index (χ3v) is 3.38. The van der Waals surface area contributed by atoms with Gasteiger partial charge >= 0.3 is 11.9 Å². The van der Waals surface area contributed by atoms with E-state index in [-0.39, 0.29) is 11.5 Å². The maximum Gasteiger partial charge on any atom is 0.391 e. The Balaban J connectivity index is 2.25. The van der Waals surface area contributed by atoms with Crippen LogP contribution in [-0.4, -0.2) is 20.1 Å². The van der Waals surface area contributed by atoms with E-state index < -0.39 is 24.3 Å². The van der Waals surface area contributed by atoms with Crippen LogP contribution in [0.1, 0.15) is 18.3 Å². The van der Waals surface area contributed by atoms with E-state index in [1.807, 2.05) is 0 Å². The van der Waals surface area contributed by atoms with Gasteiger partial charge in [0.25, 0.3) is 0 Å². The summed E-state index contributed by atoms with van der Waals surface area (Å²) < 4.78 is 40.4. The number of fused-ring (bicyclic) bond motifs is 1. The van der Waals surface area contributed by atoms with Crippen molar-refractivity contribution >= 4 is 5.65 Å². The fourth-order valence-corrected chi connectivity index (χ4v) is 2.41. The number of benzene rings is 1. The zero-order valence-electron chi connectivity index (χ0n) is 11.9. The predicted molar refractivity (Wildman–Crippen MR) is 78.4 cm³/mol. The molecule has 0 spiro atoms. The van der Waals surface area contributed by atoms with Crippen LogP contribution in [0.25, 0.3) is 11.3 Å². The van der Waals surface area contributed by atoms with Gasteiger partial charge in [0.05, 0.1) is 18.2 Å². The van der Waals surface area contributed by atoms with Crippen molar-refractivity contribution in [1.29, 1.82) is 0 Å². The van der Waals surface area contributed by atoms with E-state index in [1.54, 1.807) is 42.5 Å². The zero-order valence-corrected chi connectivity index (χ0v) is 11.9. The molecule has 0 saturated carbocycles.